The van der Waals surface area contributed by atoms with Crippen molar-refractivity contribution in [2.45, 2.75) is 53.6 Å². The van der Waals surface area contributed by atoms with E-state index in [1.165, 1.54) is 14.1 Å². The molecule has 3 N–H and O–H groups in total. The topological polar surface area (TPSA) is 132 Å². The predicted octanol–water partition coefficient (Wildman–Crippen LogP) is 2.66. The van der Waals surface area contributed by atoms with Crippen LogP contribution < -0.4 is 0 Å². The van der Waals surface area contributed by atoms with Gasteiger partial charge in [0.1, 0.15) is 12.3 Å². The molecule has 0 aromatic rings. The minimum Gasteiger partial charge on any atom is -0.391 e. The Morgan fingerprint density at radius 2 is 1.09 bits per heavy atom. The third-order valence-corrected chi connectivity index (χ3v) is 8.38. The van der Waals surface area contributed by atoms with Crippen molar-refractivity contribution in [2.24, 2.45) is 0 Å². The number of nitrogens with zero attached hydrogens (tertiary/aromatic N) is 2. The van der Waals surface area contributed by atoms with Gasteiger partial charge in [-0.15, -0.1) is 0 Å². The van der Waals surface area contributed by atoms with E-state index in [2.05, 4.69) is 0 Å². The van der Waals surface area contributed by atoms with Gasteiger partial charge in [0.05, 0.1) is 33.4 Å². The molecule has 0 aliphatic carbocycles. The minimum atomic E-state index is -8.75. The second-order valence-electron chi connectivity index (χ2n) is 9.61. The molecule has 0 heterocycles. The fraction of sp³-hybridized carbons (Fsp3) is 1.00. The average Bonchev–Trinajstić information content (AvgIpc) is 2.75. The van der Waals surface area contributed by atoms with Crippen LogP contribution in [0.4, 0.5) is 65.9 Å². The van der Waals surface area contributed by atoms with Crippen molar-refractivity contribution >= 4 is 20.1 Å². The summed E-state index contributed by atoms with van der Waals surface area (Å²) in [6, 6.07) is 0. The lowest BCUT2D eigenvalue weighted by Gasteiger charge is -2.42. The van der Waals surface area contributed by atoms with Gasteiger partial charge in [-0.2, -0.15) is 78.6 Å². The molecule has 0 saturated heterocycles. The second-order valence-corrected chi connectivity index (χ2v) is 13.1. The van der Waals surface area contributed by atoms with Gasteiger partial charge in [0.25, 0.3) is 20.1 Å². The Kier molecular flexibility index (Phi) is 12.1. The normalized spacial score (nSPS) is 16.6. The number of aliphatic hydroxyl groups excluding tert-OH is 2. The highest BCUT2D eigenvalue weighted by Crippen LogP contribution is 2.63. The highest BCUT2D eigenvalue weighted by atomic mass is 32.2. The fourth-order valence-electron chi connectivity index (χ4n) is 3.17. The number of quaternary nitrogens is 1. The van der Waals surface area contributed by atoms with E-state index in [9.17, 15) is 87.8 Å². The Balaban J connectivity index is 6.96. The molecule has 260 valence electrons. The maximum Gasteiger partial charge on any atom is 0.460 e. The molecule has 0 amide bonds. The average molecular weight is 717 g/mol. The van der Waals surface area contributed by atoms with Crippen LogP contribution >= 0.6 is 0 Å². The first-order valence-corrected chi connectivity index (χ1v) is 14.0. The zero-order chi connectivity index (χ0) is 35.1. The first-order chi connectivity index (χ1) is 18.5. The number of hydrogen-bond acceptors (Lipinski definition) is 6. The monoisotopic (exact) mass is 717 g/mol. The van der Waals surface area contributed by atoms with Crippen LogP contribution in [0.15, 0.2) is 0 Å². The number of sulfonamides is 1. The van der Waals surface area contributed by atoms with Gasteiger partial charge in [-0.05, 0) is 0 Å². The number of aliphatic hydroxyl groups is 2. The summed E-state index contributed by atoms with van der Waals surface area (Å²) >= 11 is 0. The third-order valence-electron chi connectivity index (χ3n) is 5.66. The molecule has 0 bridgehead atoms. The molecule has 0 spiro atoms. The van der Waals surface area contributed by atoms with Gasteiger partial charge < -0.3 is 14.7 Å². The van der Waals surface area contributed by atoms with Crippen molar-refractivity contribution in [1.29, 1.82) is 0 Å². The van der Waals surface area contributed by atoms with E-state index in [4.69, 9.17) is 9.66 Å². The maximum atomic E-state index is 14.6. The van der Waals surface area contributed by atoms with Gasteiger partial charge in [0.2, 0.25) is 0 Å². The van der Waals surface area contributed by atoms with Crippen LogP contribution in [0.1, 0.15) is 6.42 Å². The maximum absolute atomic E-state index is 14.6. The van der Waals surface area contributed by atoms with Crippen molar-refractivity contribution in [1.82, 2.24) is 4.31 Å². The number of halogens is 15. The summed E-state index contributed by atoms with van der Waals surface area (Å²) in [6.45, 7) is -4.87. The van der Waals surface area contributed by atoms with E-state index < -0.39 is 110 Å². The van der Waals surface area contributed by atoms with E-state index in [1.54, 1.807) is 0 Å². The lowest BCUT2D eigenvalue weighted by atomic mass is 9.94. The molecule has 0 aliphatic rings. The lowest BCUT2D eigenvalue weighted by molar-refractivity contribution is -0.890. The van der Waals surface area contributed by atoms with Gasteiger partial charge in [-0.1, -0.05) is 0 Å². The molecule has 43 heavy (non-hydrogen) atoms. The molecule has 0 rings (SSSR count). The first-order valence-electron chi connectivity index (χ1n) is 10.9. The molecule has 0 aliphatic heterocycles. The van der Waals surface area contributed by atoms with Crippen molar-refractivity contribution in [3.05, 3.63) is 0 Å². The summed E-state index contributed by atoms with van der Waals surface area (Å²) in [7, 11) is -10.5. The van der Waals surface area contributed by atoms with Crippen LogP contribution in [-0.4, -0.2) is 140 Å². The summed E-state index contributed by atoms with van der Waals surface area (Å²) in [5.74, 6) is -44.7. The molecular weight excluding hydrogens is 693 g/mol. The summed E-state index contributed by atoms with van der Waals surface area (Å²) in [6.07, 6.45) is -11.5. The lowest BCUT2D eigenvalue weighted by Crippen LogP contribution is -2.74. The van der Waals surface area contributed by atoms with E-state index in [0.29, 0.717) is 0 Å². The molecule has 0 fully saturated rings. The number of alkyl halides is 15. The van der Waals surface area contributed by atoms with Crippen molar-refractivity contribution in [3.63, 3.8) is 0 Å². The first kappa shape index (κ1) is 41.7. The Morgan fingerprint density at radius 1 is 0.698 bits per heavy atom. The zero-order valence-electron chi connectivity index (χ0n) is 21.4. The van der Waals surface area contributed by atoms with Gasteiger partial charge in [0.15, 0.2) is 0 Å². The Morgan fingerprint density at radius 3 is 1.47 bits per heavy atom. The van der Waals surface area contributed by atoms with Crippen LogP contribution in [0.25, 0.3) is 0 Å². The molecule has 26 heteroatoms. The van der Waals surface area contributed by atoms with Gasteiger partial charge >= 0.3 is 41.0 Å². The van der Waals surface area contributed by atoms with E-state index >= 15 is 0 Å². The molecule has 0 aromatic carbocycles. The summed E-state index contributed by atoms with van der Waals surface area (Å²) in [5.41, 5.74) is 0. The van der Waals surface area contributed by atoms with Gasteiger partial charge in [-0.3, -0.25) is 4.55 Å². The summed E-state index contributed by atoms with van der Waals surface area (Å²) in [4.78, 5) is 0. The third kappa shape index (κ3) is 7.90. The highest BCUT2D eigenvalue weighted by molar-refractivity contribution is 7.90. The minimum absolute atomic E-state index is 0.162. The van der Waals surface area contributed by atoms with Crippen molar-refractivity contribution < 1.29 is 102 Å². The predicted molar refractivity (Wildman–Crippen MR) is 112 cm³/mol. The number of hydrogen-bond donors (Lipinski definition) is 3. The standard InChI is InChI=1S/C17H23F15N2O7S2/c1-34(2,6-7-35)5-3-4-33(8-10(36)9-42(37,38)39)43(40,41)17(31,32)15(26,27)13(22,23)11(18,19)12(20,21)14(24,25)16(28,29)30/h10,35-36H,3-9H2,1-2H3/p+1. The summed E-state index contributed by atoms with van der Waals surface area (Å²) in [5, 5.41) is 10.8. The number of rotatable bonds is 17. The van der Waals surface area contributed by atoms with Crippen LogP contribution in [0.2, 0.25) is 0 Å². The van der Waals surface area contributed by atoms with Gasteiger partial charge in [-0.25, -0.2) is 8.42 Å². The highest BCUT2D eigenvalue weighted by Gasteiger charge is 2.94. The molecule has 1 unspecified atom stereocenters. The molecule has 0 radical (unpaired) electrons. The molecule has 0 saturated carbocycles. The number of likely N-dealkylation sites (N-methyl/N-ethyl adjacent to an activating group) is 1. The fourth-order valence-corrected chi connectivity index (χ4v) is 5.28. The molecule has 1 atom stereocenters. The van der Waals surface area contributed by atoms with Crippen LogP contribution in [0, 0.1) is 0 Å². The van der Waals surface area contributed by atoms with Gasteiger partial charge in [0, 0.05) is 19.5 Å². The van der Waals surface area contributed by atoms with Crippen LogP contribution in [-0.2, 0) is 20.1 Å². The van der Waals surface area contributed by atoms with Crippen LogP contribution in [0.5, 0.6) is 0 Å². The Bertz CT molecular complexity index is 1180. The van der Waals surface area contributed by atoms with E-state index in [1.807, 2.05) is 0 Å². The Hall–Kier alpha value is -1.35. The summed E-state index contributed by atoms with van der Waals surface area (Å²) < 4.78 is 257. The van der Waals surface area contributed by atoms with Crippen LogP contribution in [0.3, 0.4) is 0 Å². The largest absolute Gasteiger partial charge is 0.460 e. The zero-order valence-corrected chi connectivity index (χ0v) is 23.0. The van der Waals surface area contributed by atoms with E-state index in [-0.39, 0.29) is 11.0 Å². The molecule has 0 aromatic heterocycles. The van der Waals surface area contributed by atoms with Crippen molar-refractivity contribution in [3.8, 4) is 0 Å². The Labute approximate surface area is 233 Å². The second kappa shape index (κ2) is 12.4. The van der Waals surface area contributed by atoms with E-state index in [0.717, 1.165) is 0 Å². The smallest absolute Gasteiger partial charge is 0.391 e. The molecular formula is C17H24F15N2O7S2+. The van der Waals surface area contributed by atoms with Crippen molar-refractivity contribution in [2.75, 3.05) is 52.6 Å². The molecule has 9 nitrogen and oxygen atoms in total. The quantitative estimate of drug-likeness (QED) is 0.120. The SMILES string of the molecule is C[N+](C)(CCO)CCCN(CC(O)CS(=O)(=O)O)S(=O)(=O)C(F)(F)C(F)(F)C(F)(F)C(F)(F)C(F)(F)C(F)(F)C(F)(F)F.